The van der Waals surface area contributed by atoms with Gasteiger partial charge in [0.25, 0.3) is 0 Å². The second kappa shape index (κ2) is 2.76. The third kappa shape index (κ3) is 1.28. The topological polar surface area (TPSA) is 64.9 Å². The van der Waals surface area contributed by atoms with Gasteiger partial charge >= 0.3 is 6.01 Å². The summed E-state index contributed by atoms with van der Waals surface area (Å²) in [6, 6.07) is 3.65. The maximum absolute atomic E-state index is 5.72. The van der Waals surface area contributed by atoms with E-state index in [4.69, 9.17) is 17.3 Å². The van der Waals surface area contributed by atoms with Crippen molar-refractivity contribution in [1.82, 2.24) is 10.1 Å². The SMILES string of the molecule is Nc1nc(-c2ccc(Cl)s2)no1. The van der Waals surface area contributed by atoms with Crippen LogP contribution in [0.5, 0.6) is 0 Å². The molecular weight excluding hydrogens is 198 g/mol. The molecule has 0 aromatic carbocycles. The van der Waals surface area contributed by atoms with Crippen molar-refractivity contribution in [1.29, 1.82) is 0 Å². The van der Waals surface area contributed by atoms with Crippen LogP contribution in [-0.4, -0.2) is 10.1 Å². The van der Waals surface area contributed by atoms with Crippen molar-refractivity contribution in [3.8, 4) is 10.7 Å². The normalized spacial score (nSPS) is 10.4. The van der Waals surface area contributed by atoms with Gasteiger partial charge in [0.05, 0.1) is 9.21 Å². The molecule has 2 aromatic heterocycles. The zero-order valence-corrected chi connectivity index (χ0v) is 7.39. The molecule has 4 nitrogen and oxygen atoms in total. The fourth-order valence-electron chi connectivity index (χ4n) is 0.770. The zero-order valence-electron chi connectivity index (χ0n) is 5.82. The number of thiophene rings is 1. The second-order valence-corrected chi connectivity index (χ2v) is 3.78. The van der Waals surface area contributed by atoms with Gasteiger partial charge in [0.15, 0.2) is 0 Å². The smallest absolute Gasteiger partial charge is 0.319 e. The summed E-state index contributed by atoms with van der Waals surface area (Å²) < 4.78 is 5.30. The van der Waals surface area contributed by atoms with Gasteiger partial charge in [0, 0.05) is 0 Å². The molecule has 2 aromatic rings. The van der Waals surface area contributed by atoms with Gasteiger partial charge in [0.1, 0.15) is 0 Å². The fraction of sp³-hybridized carbons (Fsp3) is 0. The van der Waals surface area contributed by atoms with E-state index in [9.17, 15) is 0 Å². The number of hydrogen-bond donors (Lipinski definition) is 1. The van der Waals surface area contributed by atoms with Crippen molar-refractivity contribution in [2.24, 2.45) is 0 Å². The Morgan fingerprint density at radius 3 is 2.83 bits per heavy atom. The van der Waals surface area contributed by atoms with Crippen molar-refractivity contribution < 1.29 is 4.52 Å². The summed E-state index contributed by atoms with van der Waals surface area (Å²) in [4.78, 5) is 4.69. The lowest BCUT2D eigenvalue weighted by Crippen LogP contribution is -1.81. The minimum atomic E-state index is 0.0644. The Kier molecular flexibility index (Phi) is 1.74. The van der Waals surface area contributed by atoms with Crippen molar-refractivity contribution in [2.75, 3.05) is 5.73 Å². The number of nitrogens with zero attached hydrogens (tertiary/aromatic N) is 2. The monoisotopic (exact) mass is 201 g/mol. The first-order valence-corrected chi connectivity index (χ1v) is 4.30. The number of rotatable bonds is 1. The lowest BCUT2D eigenvalue weighted by molar-refractivity contribution is 0.437. The molecule has 2 N–H and O–H groups in total. The third-order valence-corrected chi connectivity index (χ3v) is 2.46. The van der Waals surface area contributed by atoms with E-state index in [0.29, 0.717) is 10.2 Å². The summed E-state index contributed by atoms with van der Waals surface area (Å²) in [6.45, 7) is 0. The molecule has 0 saturated heterocycles. The molecule has 2 heterocycles. The molecular formula is C6H4ClN3OS. The number of hydrogen-bond acceptors (Lipinski definition) is 5. The molecule has 0 spiro atoms. The molecule has 0 bridgehead atoms. The molecule has 12 heavy (non-hydrogen) atoms. The lowest BCUT2D eigenvalue weighted by atomic mass is 10.4. The van der Waals surface area contributed by atoms with Crippen molar-refractivity contribution in [3.05, 3.63) is 16.5 Å². The largest absolute Gasteiger partial charge is 0.351 e. The van der Waals surface area contributed by atoms with Crippen LogP contribution in [-0.2, 0) is 0 Å². The van der Waals surface area contributed by atoms with Crippen LogP contribution in [0.4, 0.5) is 6.01 Å². The average Bonchev–Trinajstić information content (AvgIpc) is 2.58. The van der Waals surface area contributed by atoms with Gasteiger partial charge in [-0.2, -0.15) is 4.98 Å². The highest BCUT2D eigenvalue weighted by atomic mass is 35.5. The molecule has 0 fully saturated rings. The zero-order chi connectivity index (χ0) is 8.55. The number of nitrogens with two attached hydrogens (primary N) is 1. The van der Waals surface area contributed by atoms with Crippen molar-refractivity contribution in [3.63, 3.8) is 0 Å². The Morgan fingerprint density at radius 2 is 2.33 bits per heavy atom. The van der Waals surface area contributed by atoms with E-state index >= 15 is 0 Å². The van der Waals surface area contributed by atoms with Crippen LogP contribution in [0, 0.1) is 0 Å². The standard InChI is InChI=1S/C6H4ClN3OS/c7-4-2-1-3(12-4)5-9-6(8)11-10-5/h1-2H,(H2,8,9,10). The van der Waals surface area contributed by atoms with E-state index < -0.39 is 0 Å². The predicted molar refractivity (Wildman–Crippen MR) is 47.0 cm³/mol. The highest BCUT2D eigenvalue weighted by Crippen LogP contribution is 2.28. The lowest BCUT2D eigenvalue weighted by Gasteiger charge is -1.80. The number of anilines is 1. The van der Waals surface area contributed by atoms with Crippen LogP contribution >= 0.6 is 22.9 Å². The Bertz CT molecular complexity index is 359. The van der Waals surface area contributed by atoms with Crippen molar-refractivity contribution in [2.45, 2.75) is 0 Å². The van der Waals surface area contributed by atoms with Crippen LogP contribution in [0.3, 0.4) is 0 Å². The molecule has 0 saturated carbocycles. The number of halogens is 1. The van der Waals surface area contributed by atoms with E-state index in [2.05, 4.69) is 14.7 Å². The van der Waals surface area contributed by atoms with Crippen LogP contribution in [0.15, 0.2) is 16.7 Å². The van der Waals surface area contributed by atoms with E-state index in [1.807, 2.05) is 6.07 Å². The molecule has 0 aliphatic carbocycles. The predicted octanol–water partition coefficient (Wildman–Crippen LogP) is 2.03. The maximum Gasteiger partial charge on any atom is 0.319 e. The van der Waals surface area contributed by atoms with Gasteiger partial charge in [-0.15, -0.1) is 11.3 Å². The first-order valence-electron chi connectivity index (χ1n) is 3.10. The van der Waals surface area contributed by atoms with Gasteiger partial charge in [0.2, 0.25) is 5.82 Å². The molecule has 0 radical (unpaired) electrons. The van der Waals surface area contributed by atoms with Crippen LogP contribution in [0.1, 0.15) is 0 Å². The molecule has 0 aliphatic rings. The number of nitrogen functional groups attached to an aromatic ring is 1. The molecule has 0 aliphatic heterocycles. The number of aromatic nitrogens is 2. The minimum Gasteiger partial charge on any atom is -0.351 e. The molecule has 62 valence electrons. The summed E-state index contributed by atoms with van der Waals surface area (Å²) >= 11 is 7.10. The highest BCUT2D eigenvalue weighted by Gasteiger charge is 2.07. The average molecular weight is 202 g/mol. The molecule has 0 amide bonds. The van der Waals surface area contributed by atoms with E-state index in [1.54, 1.807) is 6.07 Å². The van der Waals surface area contributed by atoms with Gasteiger partial charge in [-0.1, -0.05) is 16.8 Å². The molecule has 6 heteroatoms. The Hall–Kier alpha value is -1.07. The Morgan fingerprint density at radius 1 is 1.50 bits per heavy atom. The Labute approximate surface area is 77.0 Å². The molecule has 2 rings (SSSR count). The Balaban J connectivity index is 2.43. The van der Waals surface area contributed by atoms with Crippen molar-refractivity contribution >= 4 is 29.0 Å². The van der Waals surface area contributed by atoms with Gasteiger partial charge < -0.3 is 10.3 Å². The summed E-state index contributed by atoms with van der Waals surface area (Å²) in [5.41, 5.74) is 5.25. The van der Waals surface area contributed by atoms with Crippen LogP contribution in [0.2, 0.25) is 4.34 Å². The quantitative estimate of drug-likeness (QED) is 0.767. The van der Waals surface area contributed by atoms with Gasteiger partial charge in [-0.05, 0) is 12.1 Å². The van der Waals surface area contributed by atoms with E-state index in [0.717, 1.165) is 4.88 Å². The van der Waals surface area contributed by atoms with Gasteiger partial charge in [-0.3, -0.25) is 0 Å². The first kappa shape index (κ1) is 7.57. The summed E-state index contributed by atoms with van der Waals surface area (Å²) in [5.74, 6) is 0.476. The fourth-order valence-corrected chi connectivity index (χ4v) is 1.74. The van der Waals surface area contributed by atoms with E-state index in [1.165, 1.54) is 11.3 Å². The third-order valence-electron chi connectivity index (χ3n) is 1.24. The van der Waals surface area contributed by atoms with E-state index in [-0.39, 0.29) is 6.01 Å². The highest BCUT2D eigenvalue weighted by molar-refractivity contribution is 7.19. The first-order chi connectivity index (χ1) is 5.75. The maximum atomic E-state index is 5.72. The minimum absolute atomic E-state index is 0.0644. The summed E-state index contributed by atoms with van der Waals surface area (Å²) in [5, 5.41) is 3.64. The molecule has 0 atom stereocenters. The molecule has 0 unspecified atom stereocenters. The summed E-state index contributed by atoms with van der Waals surface area (Å²) in [6.07, 6.45) is 0. The van der Waals surface area contributed by atoms with Crippen LogP contribution in [0.25, 0.3) is 10.7 Å². The summed E-state index contributed by atoms with van der Waals surface area (Å²) in [7, 11) is 0. The van der Waals surface area contributed by atoms with Crippen LogP contribution < -0.4 is 5.73 Å². The van der Waals surface area contributed by atoms with Gasteiger partial charge in [-0.25, -0.2) is 0 Å². The second-order valence-electron chi connectivity index (χ2n) is 2.06.